The molecule has 8 heteroatoms. The number of oxime groups is 1. The average molecular weight is 462 g/mol. The van der Waals surface area contributed by atoms with Crippen LogP contribution in [0.5, 0.6) is 0 Å². The number of nitrogens with one attached hydrogen (secondary N) is 1. The first kappa shape index (κ1) is 21.6. The van der Waals surface area contributed by atoms with Crippen LogP contribution in [-0.4, -0.2) is 39.0 Å². The largest absolute Gasteiger partial charge is 0.411 e. The molecule has 3 heterocycles. The number of piperidine rings is 1. The third-order valence-electron chi connectivity index (χ3n) is 6.99. The van der Waals surface area contributed by atoms with Crippen LogP contribution < -0.4 is 10.2 Å². The summed E-state index contributed by atoms with van der Waals surface area (Å²) in [5.74, 6) is 0.118. The molecule has 170 valence electrons. The van der Waals surface area contributed by atoms with Crippen molar-refractivity contribution >= 4 is 28.8 Å². The molecule has 1 aromatic heterocycles. The van der Waals surface area contributed by atoms with Crippen molar-refractivity contribution in [2.75, 3.05) is 11.4 Å². The fraction of sp³-hybridized carbons (Fsp3) is 0.360. The van der Waals surface area contributed by atoms with Gasteiger partial charge in [0.1, 0.15) is 4.88 Å². The molecular weight excluding hydrogens is 434 g/mol. The zero-order chi connectivity index (χ0) is 23.1. The van der Waals surface area contributed by atoms with Crippen LogP contribution in [0.25, 0.3) is 0 Å². The Morgan fingerprint density at radius 1 is 1.21 bits per heavy atom. The van der Waals surface area contributed by atoms with E-state index in [1.54, 1.807) is 0 Å². The van der Waals surface area contributed by atoms with Crippen molar-refractivity contribution < 1.29 is 10.0 Å². The van der Waals surface area contributed by atoms with Crippen LogP contribution in [-0.2, 0) is 0 Å². The molecular formula is C25H27N5O2S. The number of carbonyl (C=O) groups is 1. The summed E-state index contributed by atoms with van der Waals surface area (Å²) in [7, 11) is 0. The monoisotopic (exact) mass is 461 g/mol. The van der Waals surface area contributed by atoms with Gasteiger partial charge in [0.15, 0.2) is 0 Å². The molecule has 2 aliphatic rings. The van der Waals surface area contributed by atoms with E-state index in [1.165, 1.54) is 22.4 Å². The lowest BCUT2D eigenvalue weighted by Crippen LogP contribution is -2.46. The molecule has 0 unspecified atom stereocenters. The van der Waals surface area contributed by atoms with Crippen molar-refractivity contribution in [1.82, 2.24) is 14.9 Å². The molecule has 0 bridgehead atoms. The predicted octanol–water partition coefficient (Wildman–Crippen LogP) is 4.65. The van der Waals surface area contributed by atoms with E-state index < -0.39 is 0 Å². The Bertz CT molecular complexity index is 1240. The highest BCUT2D eigenvalue weighted by molar-refractivity contribution is 7.08. The van der Waals surface area contributed by atoms with E-state index in [0.29, 0.717) is 16.3 Å². The van der Waals surface area contributed by atoms with Crippen LogP contribution in [0.3, 0.4) is 0 Å². The van der Waals surface area contributed by atoms with E-state index in [9.17, 15) is 10.0 Å². The maximum absolute atomic E-state index is 12.8. The van der Waals surface area contributed by atoms with Crippen molar-refractivity contribution in [3.05, 3.63) is 75.3 Å². The average Bonchev–Trinajstić information content (AvgIpc) is 3.25. The number of fused-ring (bicyclic) bond motifs is 5. The maximum Gasteiger partial charge on any atom is 0.265 e. The summed E-state index contributed by atoms with van der Waals surface area (Å²) in [5, 5.41) is 19.9. The number of aromatic nitrogens is 2. The Kier molecular flexibility index (Phi) is 5.62. The minimum atomic E-state index is -0.0833. The lowest BCUT2D eigenvalue weighted by atomic mass is 9.86. The second-order valence-corrected chi connectivity index (χ2v) is 9.66. The van der Waals surface area contributed by atoms with Crippen molar-refractivity contribution in [2.24, 2.45) is 5.16 Å². The van der Waals surface area contributed by atoms with E-state index in [4.69, 9.17) is 0 Å². The standard InChI is InChI=1S/C25H27N5O2S/c1-14-19-6-4-5-7-20(19)23-13-18(26-25(31)24-16(3)27-29-33-24)10-11-30(23)22-9-8-17(12-21(14)22)15(2)28-32/h4-9,12,14,18,23,32H,10-11,13H2,1-3H3,(H,26,31)/t14-,18-,23-/m1/s1. The van der Waals surface area contributed by atoms with Gasteiger partial charge >= 0.3 is 0 Å². The van der Waals surface area contributed by atoms with Crippen molar-refractivity contribution in [2.45, 2.75) is 51.6 Å². The Morgan fingerprint density at radius 2 is 2.00 bits per heavy atom. The number of amides is 1. The molecule has 1 amide bonds. The fourth-order valence-electron chi connectivity index (χ4n) is 5.19. The molecule has 2 N–H and O–H groups in total. The first-order valence-electron chi connectivity index (χ1n) is 11.3. The molecule has 2 aromatic carbocycles. The highest BCUT2D eigenvalue weighted by atomic mass is 32.1. The molecule has 1 saturated heterocycles. The van der Waals surface area contributed by atoms with Gasteiger partial charge in [0, 0.05) is 24.2 Å². The molecule has 1 fully saturated rings. The molecule has 3 aromatic rings. The van der Waals surface area contributed by atoms with Crippen LogP contribution in [0, 0.1) is 6.92 Å². The second-order valence-electron chi connectivity index (χ2n) is 8.90. The van der Waals surface area contributed by atoms with Gasteiger partial charge in [-0.25, -0.2) is 0 Å². The number of hydrogen-bond donors (Lipinski definition) is 2. The van der Waals surface area contributed by atoms with Crippen molar-refractivity contribution in [3.8, 4) is 0 Å². The van der Waals surface area contributed by atoms with Gasteiger partial charge in [-0.2, -0.15) is 0 Å². The number of aryl methyl sites for hydroxylation is 1. The first-order valence-corrected chi connectivity index (χ1v) is 12.0. The summed E-state index contributed by atoms with van der Waals surface area (Å²) in [4.78, 5) is 15.9. The fourth-order valence-corrected chi connectivity index (χ4v) is 5.75. The van der Waals surface area contributed by atoms with Crippen molar-refractivity contribution in [3.63, 3.8) is 0 Å². The van der Waals surface area contributed by atoms with E-state index in [0.717, 1.165) is 36.5 Å². The number of hydrogen-bond acceptors (Lipinski definition) is 7. The van der Waals surface area contributed by atoms with Crippen LogP contribution in [0.15, 0.2) is 47.6 Å². The Labute approximate surface area is 197 Å². The third kappa shape index (κ3) is 3.78. The SMILES string of the molecule is CC(=NO)c1ccc2c(c1)[C@H](C)c1ccccc1[C@H]1C[C@H](NC(=O)c3snnc3C)CCN21. The van der Waals surface area contributed by atoms with Crippen LogP contribution in [0.4, 0.5) is 5.69 Å². The van der Waals surface area contributed by atoms with Gasteiger partial charge in [-0.15, -0.1) is 5.10 Å². The minimum absolute atomic E-state index is 0.0770. The molecule has 5 rings (SSSR count). The molecule has 2 aliphatic heterocycles. The first-order chi connectivity index (χ1) is 16.0. The normalized spacial score (nSPS) is 22.1. The molecule has 0 spiro atoms. The van der Waals surface area contributed by atoms with E-state index in [1.807, 2.05) is 19.9 Å². The minimum Gasteiger partial charge on any atom is -0.411 e. The third-order valence-corrected chi connectivity index (χ3v) is 7.81. The maximum atomic E-state index is 12.8. The summed E-state index contributed by atoms with van der Waals surface area (Å²) in [6.45, 7) is 6.72. The van der Waals surface area contributed by atoms with E-state index >= 15 is 0 Å². The van der Waals surface area contributed by atoms with Gasteiger partial charge in [0.2, 0.25) is 0 Å². The molecule has 3 atom stereocenters. The van der Waals surface area contributed by atoms with Crippen molar-refractivity contribution in [1.29, 1.82) is 0 Å². The molecule has 0 saturated carbocycles. The zero-order valence-electron chi connectivity index (χ0n) is 18.9. The zero-order valence-corrected chi connectivity index (χ0v) is 19.8. The quantitative estimate of drug-likeness (QED) is 0.337. The number of anilines is 1. The highest BCUT2D eigenvalue weighted by Gasteiger charge is 2.37. The lowest BCUT2D eigenvalue weighted by molar-refractivity contribution is 0.0930. The molecule has 33 heavy (non-hydrogen) atoms. The smallest absolute Gasteiger partial charge is 0.265 e. The van der Waals surface area contributed by atoms with Crippen LogP contribution >= 0.6 is 11.5 Å². The number of rotatable bonds is 3. The lowest BCUT2D eigenvalue weighted by Gasteiger charge is -2.41. The van der Waals surface area contributed by atoms with Gasteiger partial charge in [0.25, 0.3) is 5.91 Å². The number of nitrogens with zero attached hydrogens (tertiary/aromatic N) is 4. The summed E-state index contributed by atoms with van der Waals surface area (Å²) >= 11 is 1.15. The highest BCUT2D eigenvalue weighted by Crippen LogP contribution is 2.46. The summed E-state index contributed by atoms with van der Waals surface area (Å²) in [5.41, 5.74) is 7.27. The number of benzene rings is 2. The van der Waals surface area contributed by atoms with Gasteiger partial charge in [-0.05, 0) is 72.6 Å². The summed E-state index contributed by atoms with van der Waals surface area (Å²) in [6, 6.07) is 15.2. The van der Waals surface area contributed by atoms with E-state index in [-0.39, 0.29) is 23.9 Å². The predicted molar refractivity (Wildman–Crippen MR) is 130 cm³/mol. The van der Waals surface area contributed by atoms with E-state index in [2.05, 4.69) is 68.3 Å². The Hall–Kier alpha value is -3.26. The van der Waals surface area contributed by atoms with Gasteiger partial charge in [-0.3, -0.25) is 4.79 Å². The summed E-state index contributed by atoms with van der Waals surface area (Å²) in [6.07, 6.45) is 1.70. The molecule has 7 nitrogen and oxygen atoms in total. The number of carbonyl (C=O) groups excluding carboxylic acids is 1. The van der Waals surface area contributed by atoms with Crippen LogP contribution in [0.1, 0.15) is 76.3 Å². The van der Waals surface area contributed by atoms with Crippen LogP contribution in [0.2, 0.25) is 0 Å². The Balaban J connectivity index is 1.51. The van der Waals surface area contributed by atoms with Gasteiger partial charge in [-0.1, -0.05) is 46.9 Å². The topological polar surface area (TPSA) is 90.7 Å². The Morgan fingerprint density at radius 3 is 2.73 bits per heavy atom. The summed E-state index contributed by atoms with van der Waals surface area (Å²) < 4.78 is 3.90. The second kappa shape index (κ2) is 8.59. The molecule has 0 radical (unpaired) electrons. The molecule has 0 aliphatic carbocycles. The van der Waals surface area contributed by atoms with Gasteiger partial charge in [0.05, 0.1) is 17.4 Å². The van der Waals surface area contributed by atoms with Gasteiger partial charge < -0.3 is 15.4 Å².